The van der Waals surface area contributed by atoms with Crippen molar-refractivity contribution in [2.75, 3.05) is 32.7 Å². The Kier molecular flexibility index (Phi) is 3.28. The fourth-order valence-electron chi connectivity index (χ4n) is 2.93. The molecule has 6 nitrogen and oxygen atoms in total. The molecule has 2 fully saturated rings. The van der Waals surface area contributed by atoms with Crippen molar-refractivity contribution >= 4 is 5.91 Å². The molecule has 3 heterocycles. The van der Waals surface area contributed by atoms with Crippen molar-refractivity contribution in [3.8, 4) is 0 Å². The number of amides is 1. The van der Waals surface area contributed by atoms with Gasteiger partial charge in [-0.3, -0.25) is 14.6 Å². The minimum Gasteiger partial charge on any atom is -0.361 e. The lowest BCUT2D eigenvalue weighted by molar-refractivity contribution is -0.131. The standard InChI is InChI=1S/C13H20N4O2/c1-9-11(10(2)19-15-9)7-16-5-6-17-4-3-14-13(18)12(17)8-16/h12H,3-8H2,1-2H3,(H,14,18)/t12-/m0/s1. The van der Waals surface area contributed by atoms with Gasteiger partial charge in [0.25, 0.3) is 0 Å². The number of nitrogens with one attached hydrogen (secondary N) is 1. The minimum atomic E-state index is 0.00275. The first kappa shape index (κ1) is 12.6. The van der Waals surface area contributed by atoms with Gasteiger partial charge in [0, 0.05) is 44.8 Å². The van der Waals surface area contributed by atoms with Crippen LogP contribution in [0.15, 0.2) is 4.52 Å². The highest BCUT2D eigenvalue weighted by molar-refractivity contribution is 5.82. The van der Waals surface area contributed by atoms with Crippen molar-refractivity contribution < 1.29 is 9.32 Å². The van der Waals surface area contributed by atoms with Crippen LogP contribution in [0.2, 0.25) is 0 Å². The van der Waals surface area contributed by atoms with Crippen LogP contribution in [-0.4, -0.2) is 59.6 Å². The molecule has 2 saturated heterocycles. The summed E-state index contributed by atoms with van der Waals surface area (Å²) >= 11 is 0. The topological polar surface area (TPSA) is 61.6 Å². The number of hydrogen-bond acceptors (Lipinski definition) is 5. The van der Waals surface area contributed by atoms with E-state index in [1.807, 2.05) is 13.8 Å². The second kappa shape index (κ2) is 4.94. The Morgan fingerprint density at radius 1 is 1.37 bits per heavy atom. The molecule has 3 rings (SSSR count). The summed E-state index contributed by atoms with van der Waals surface area (Å²) in [7, 11) is 0. The van der Waals surface area contributed by atoms with Crippen LogP contribution < -0.4 is 5.32 Å². The molecule has 1 aromatic heterocycles. The largest absolute Gasteiger partial charge is 0.361 e. The van der Waals surface area contributed by atoms with Crippen molar-refractivity contribution in [2.24, 2.45) is 0 Å². The van der Waals surface area contributed by atoms with Crippen LogP contribution in [0, 0.1) is 13.8 Å². The zero-order chi connectivity index (χ0) is 13.4. The van der Waals surface area contributed by atoms with Gasteiger partial charge in [-0.1, -0.05) is 5.16 Å². The van der Waals surface area contributed by atoms with Gasteiger partial charge in [0.2, 0.25) is 5.91 Å². The van der Waals surface area contributed by atoms with Gasteiger partial charge in [0.15, 0.2) is 0 Å². The average Bonchev–Trinajstić information content (AvgIpc) is 2.72. The van der Waals surface area contributed by atoms with E-state index in [1.54, 1.807) is 0 Å². The van der Waals surface area contributed by atoms with Gasteiger partial charge in [0.05, 0.1) is 5.69 Å². The molecule has 1 amide bonds. The minimum absolute atomic E-state index is 0.00275. The number of carbonyl (C=O) groups excluding carboxylic acids is 1. The van der Waals surface area contributed by atoms with E-state index in [9.17, 15) is 4.79 Å². The summed E-state index contributed by atoms with van der Waals surface area (Å²) in [5.41, 5.74) is 2.11. The van der Waals surface area contributed by atoms with Gasteiger partial charge >= 0.3 is 0 Å². The number of rotatable bonds is 2. The number of aryl methyl sites for hydroxylation is 2. The lowest BCUT2D eigenvalue weighted by atomic mass is 10.1. The molecule has 1 aromatic rings. The zero-order valence-corrected chi connectivity index (χ0v) is 11.5. The lowest BCUT2D eigenvalue weighted by Gasteiger charge is -2.43. The maximum atomic E-state index is 11.9. The fourth-order valence-corrected chi connectivity index (χ4v) is 2.93. The summed E-state index contributed by atoms with van der Waals surface area (Å²) in [5.74, 6) is 1.04. The first-order valence-electron chi connectivity index (χ1n) is 6.81. The molecule has 0 radical (unpaired) electrons. The summed E-state index contributed by atoms with van der Waals surface area (Å²) in [4.78, 5) is 16.5. The molecule has 0 aliphatic carbocycles. The Morgan fingerprint density at radius 2 is 2.21 bits per heavy atom. The Bertz CT molecular complexity index is 465. The maximum absolute atomic E-state index is 11.9. The Balaban J connectivity index is 1.69. The van der Waals surface area contributed by atoms with Gasteiger partial charge in [-0.2, -0.15) is 0 Å². The monoisotopic (exact) mass is 264 g/mol. The van der Waals surface area contributed by atoms with Crippen molar-refractivity contribution in [3.05, 3.63) is 17.0 Å². The summed E-state index contributed by atoms with van der Waals surface area (Å²) in [6.45, 7) is 9.22. The van der Waals surface area contributed by atoms with Crippen LogP contribution in [0.1, 0.15) is 17.0 Å². The van der Waals surface area contributed by atoms with E-state index in [-0.39, 0.29) is 11.9 Å². The van der Waals surface area contributed by atoms with Gasteiger partial charge in [-0.15, -0.1) is 0 Å². The van der Waals surface area contributed by atoms with Gasteiger partial charge < -0.3 is 9.84 Å². The maximum Gasteiger partial charge on any atom is 0.238 e. The molecule has 1 N–H and O–H groups in total. The quantitative estimate of drug-likeness (QED) is 0.809. The first-order valence-corrected chi connectivity index (χ1v) is 6.81. The molecule has 104 valence electrons. The van der Waals surface area contributed by atoms with E-state index in [0.29, 0.717) is 0 Å². The molecule has 0 saturated carbocycles. The van der Waals surface area contributed by atoms with E-state index in [4.69, 9.17) is 4.52 Å². The van der Waals surface area contributed by atoms with E-state index >= 15 is 0 Å². The number of nitrogens with zero attached hydrogens (tertiary/aromatic N) is 3. The van der Waals surface area contributed by atoms with Crippen LogP contribution in [0.4, 0.5) is 0 Å². The molecule has 0 spiro atoms. The van der Waals surface area contributed by atoms with Gasteiger partial charge in [0.1, 0.15) is 11.8 Å². The van der Waals surface area contributed by atoms with Crippen molar-refractivity contribution in [3.63, 3.8) is 0 Å². The second-order valence-corrected chi connectivity index (χ2v) is 5.38. The molecule has 1 atom stereocenters. The molecule has 2 aliphatic heterocycles. The van der Waals surface area contributed by atoms with Crippen LogP contribution in [0.25, 0.3) is 0 Å². The van der Waals surface area contributed by atoms with E-state index in [2.05, 4.69) is 20.3 Å². The SMILES string of the molecule is Cc1noc(C)c1CN1CCN2CCNC(=O)[C@@H]2C1. The molecular weight excluding hydrogens is 244 g/mol. The molecule has 0 aromatic carbocycles. The second-order valence-electron chi connectivity index (χ2n) is 5.38. The Hall–Kier alpha value is -1.40. The lowest BCUT2D eigenvalue weighted by Crippen LogP contribution is -2.63. The van der Waals surface area contributed by atoms with Crippen molar-refractivity contribution in [2.45, 2.75) is 26.4 Å². The highest BCUT2D eigenvalue weighted by atomic mass is 16.5. The highest BCUT2D eigenvalue weighted by Gasteiger charge is 2.34. The summed E-state index contributed by atoms with van der Waals surface area (Å²) in [6, 6.07) is 0.00275. The number of fused-ring (bicyclic) bond motifs is 1. The molecular formula is C13H20N4O2. The molecule has 0 bridgehead atoms. The van der Waals surface area contributed by atoms with Crippen LogP contribution in [0.3, 0.4) is 0 Å². The van der Waals surface area contributed by atoms with Crippen LogP contribution in [-0.2, 0) is 11.3 Å². The molecule has 6 heteroatoms. The highest BCUT2D eigenvalue weighted by Crippen LogP contribution is 2.19. The van der Waals surface area contributed by atoms with Gasteiger partial charge in [-0.25, -0.2) is 0 Å². The molecule has 0 unspecified atom stereocenters. The predicted molar refractivity (Wildman–Crippen MR) is 69.6 cm³/mol. The third-order valence-corrected chi connectivity index (χ3v) is 4.14. The average molecular weight is 264 g/mol. The number of aromatic nitrogens is 1. The van der Waals surface area contributed by atoms with E-state index in [1.165, 1.54) is 0 Å². The number of piperazine rings is 2. The third-order valence-electron chi connectivity index (χ3n) is 4.14. The zero-order valence-electron chi connectivity index (χ0n) is 11.5. The van der Waals surface area contributed by atoms with Crippen LogP contribution >= 0.6 is 0 Å². The van der Waals surface area contributed by atoms with Crippen molar-refractivity contribution in [1.82, 2.24) is 20.3 Å². The van der Waals surface area contributed by atoms with Crippen molar-refractivity contribution in [1.29, 1.82) is 0 Å². The number of carbonyl (C=O) groups is 1. The van der Waals surface area contributed by atoms with Gasteiger partial charge in [-0.05, 0) is 13.8 Å². The Morgan fingerprint density at radius 3 is 2.95 bits per heavy atom. The molecule has 19 heavy (non-hydrogen) atoms. The smallest absolute Gasteiger partial charge is 0.238 e. The first-order chi connectivity index (χ1) is 9.15. The normalized spacial score (nSPS) is 25.2. The summed E-state index contributed by atoms with van der Waals surface area (Å²) in [6.07, 6.45) is 0. The summed E-state index contributed by atoms with van der Waals surface area (Å²) < 4.78 is 5.20. The van der Waals surface area contributed by atoms with E-state index in [0.717, 1.165) is 56.3 Å². The number of hydrogen-bond donors (Lipinski definition) is 1. The summed E-state index contributed by atoms with van der Waals surface area (Å²) in [5, 5.41) is 6.93. The Labute approximate surface area is 112 Å². The fraction of sp³-hybridized carbons (Fsp3) is 0.692. The molecule has 2 aliphatic rings. The van der Waals surface area contributed by atoms with E-state index < -0.39 is 0 Å². The third kappa shape index (κ3) is 2.37. The van der Waals surface area contributed by atoms with Crippen LogP contribution in [0.5, 0.6) is 0 Å². The predicted octanol–water partition coefficient (Wildman–Crippen LogP) is -0.0926.